The largest absolute Gasteiger partial charge is 0.358 e. The van der Waals surface area contributed by atoms with Gasteiger partial charge in [0.05, 0.1) is 27.8 Å². The maximum Gasteiger partial charge on any atom is 0.352 e. The number of imidazole rings is 1. The highest BCUT2D eigenvalue weighted by molar-refractivity contribution is 7.14. The Kier molecular flexibility index (Phi) is 5.25. The van der Waals surface area contributed by atoms with Crippen molar-refractivity contribution in [3.63, 3.8) is 0 Å². The highest BCUT2D eigenvalue weighted by atomic mass is 32.1. The van der Waals surface area contributed by atoms with Crippen LogP contribution in [0.25, 0.3) is 22.6 Å². The number of nitrogens with zero attached hydrogens (tertiary/aromatic N) is 5. The van der Waals surface area contributed by atoms with Crippen LogP contribution in [-0.2, 0) is 15.5 Å². The summed E-state index contributed by atoms with van der Waals surface area (Å²) in [6, 6.07) is 13.3. The number of hydrogen-bond donors (Lipinski definition) is 1. The molecule has 0 aliphatic carbocycles. The van der Waals surface area contributed by atoms with E-state index < -0.39 is 18.4 Å². The molecule has 0 unspecified atom stereocenters. The number of thiazole rings is 1. The number of H-pyrrole nitrogens is 1. The maximum atomic E-state index is 14.5. The van der Waals surface area contributed by atoms with Crippen LogP contribution < -0.4 is 9.80 Å². The standard InChI is InChI=1S/C25H22F2N6O2S/c1-15-12-31(23-21(28-14-36-23)22-29-17-7-3-4-8-18(17)30-22)10-11-32(15)20(34)13-33-19-9-5-2-6-16(19)25(26,27)24(33)35/h2-9,14-15H,10-13H2,1H3,(H,29,30)/t15-/m1/s1. The van der Waals surface area contributed by atoms with Crippen LogP contribution in [0.3, 0.4) is 0 Å². The van der Waals surface area contributed by atoms with E-state index in [4.69, 9.17) is 0 Å². The number of alkyl halides is 2. The summed E-state index contributed by atoms with van der Waals surface area (Å²) in [5, 5.41) is 0.955. The fraction of sp³-hybridized carbons (Fsp3) is 0.280. The van der Waals surface area contributed by atoms with Crippen LogP contribution in [-0.4, -0.2) is 63.9 Å². The van der Waals surface area contributed by atoms with Crippen LogP contribution in [0, 0.1) is 0 Å². The van der Waals surface area contributed by atoms with Crippen molar-refractivity contribution in [1.82, 2.24) is 19.9 Å². The van der Waals surface area contributed by atoms with Gasteiger partial charge in [-0.2, -0.15) is 8.78 Å². The summed E-state index contributed by atoms with van der Waals surface area (Å²) in [4.78, 5) is 42.8. The summed E-state index contributed by atoms with van der Waals surface area (Å²) < 4.78 is 28.9. The van der Waals surface area contributed by atoms with Gasteiger partial charge in [-0.05, 0) is 25.1 Å². The number of benzene rings is 2. The Morgan fingerprint density at radius 2 is 1.94 bits per heavy atom. The summed E-state index contributed by atoms with van der Waals surface area (Å²) in [5.74, 6) is -4.65. The fourth-order valence-electron chi connectivity index (χ4n) is 4.96. The molecule has 2 amide bonds. The van der Waals surface area contributed by atoms with E-state index in [1.807, 2.05) is 31.2 Å². The van der Waals surface area contributed by atoms with Gasteiger partial charge in [-0.25, -0.2) is 9.97 Å². The van der Waals surface area contributed by atoms with Gasteiger partial charge in [0.2, 0.25) is 5.91 Å². The van der Waals surface area contributed by atoms with Crippen molar-refractivity contribution in [3.8, 4) is 11.5 Å². The second kappa shape index (κ2) is 8.37. The molecule has 184 valence electrons. The number of aromatic nitrogens is 3. The van der Waals surface area contributed by atoms with E-state index in [-0.39, 0.29) is 23.2 Å². The average Bonchev–Trinajstić information content (AvgIpc) is 3.57. The molecule has 36 heavy (non-hydrogen) atoms. The number of piperazine rings is 1. The fourth-order valence-corrected chi connectivity index (χ4v) is 5.79. The number of amides is 2. The van der Waals surface area contributed by atoms with Crippen molar-refractivity contribution in [2.45, 2.75) is 18.9 Å². The number of rotatable bonds is 4. The maximum absolute atomic E-state index is 14.5. The summed E-state index contributed by atoms with van der Waals surface area (Å²) in [5.41, 5.74) is 4.05. The van der Waals surface area contributed by atoms with E-state index in [9.17, 15) is 18.4 Å². The van der Waals surface area contributed by atoms with Gasteiger partial charge in [0.15, 0.2) is 5.82 Å². The second-order valence-corrected chi connectivity index (χ2v) is 9.81. The van der Waals surface area contributed by atoms with Crippen LogP contribution in [0.4, 0.5) is 19.5 Å². The zero-order valence-electron chi connectivity index (χ0n) is 19.3. The number of carbonyl (C=O) groups is 2. The summed E-state index contributed by atoms with van der Waals surface area (Å²) >= 11 is 1.51. The number of anilines is 2. The Balaban J connectivity index is 1.18. The molecule has 2 aliphatic heterocycles. The number of para-hydroxylation sites is 3. The molecule has 8 nitrogen and oxygen atoms in total. The first-order chi connectivity index (χ1) is 17.3. The molecule has 11 heteroatoms. The molecule has 1 atom stereocenters. The molecule has 0 bridgehead atoms. The van der Waals surface area contributed by atoms with Gasteiger partial charge >= 0.3 is 11.8 Å². The number of halogens is 2. The molecule has 0 saturated carbocycles. The zero-order valence-corrected chi connectivity index (χ0v) is 20.1. The normalized spacial score (nSPS) is 19.2. The third-order valence-electron chi connectivity index (χ3n) is 6.74. The summed E-state index contributed by atoms with van der Waals surface area (Å²) in [6.07, 6.45) is 0. The zero-order chi connectivity index (χ0) is 25.0. The monoisotopic (exact) mass is 508 g/mol. The minimum absolute atomic E-state index is 0.0901. The highest BCUT2D eigenvalue weighted by Gasteiger charge is 2.53. The Morgan fingerprint density at radius 3 is 2.75 bits per heavy atom. The van der Waals surface area contributed by atoms with Crippen molar-refractivity contribution >= 4 is 44.9 Å². The number of nitrogens with one attached hydrogen (secondary N) is 1. The van der Waals surface area contributed by atoms with Gasteiger partial charge in [0.25, 0.3) is 0 Å². The van der Waals surface area contributed by atoms with Gasteiger partial charge in [0.1, 0.15) is 17.2 Å². The van der Waals surface area contributed by atoms with E-state index in [1.165, 1.54) is 29.5 Å². The summed E-state index contributed by atoms with van der Waals surface area (Å²) in [7, 11) is 0. The van der Waals surface area contributed by atoms with Gasteiger partial charge < -0.3 is 14.8 Å². The van der Waals surface area contributed by atoms with Crippen LogP contribution in [0.15, 0.2) is 54.0 Å². The first kappa shape index (κ1) is 22.6. The van der Waals surface area contributed by atoms with Crippen LogP contribution in [0.1, 0.15) is 12.5 Å². The number of carbonyl (C=O) groups excluding carboxylic acids is 2. The molecule has 6 rings (SSSR count). The number of fused-ring (bicyclic) bond motifs is 2. The molecule has 2 aliphatic rings. The molecular weight excluding hydrogens is 486 g/mol. The van der Waals surface area contributed by atoms with E-state index in [1.54, 1.807) is 16.5 Å². The van der Waals surface area contributed by atoms with E-state index >= 15 is 0 Å². The molecule has 2 aromatic heterocycles. The van der Waals surface area contributed by atoms with Crippen molar-refractivity contribution in [3.05, 3.63) is 59.6 Å². The number of aromatic amines is 1. The second-order valence-electron chi connectivity index (χ2n) is 8.97. The molecule has 4 aromatic rings. The molecule has 1 saturated heterocycles. The van der Waals surface area contributed by atoms with Crippen LogP contribution >= 0.6 is 11.3 Å². The van der Waals surface area contributed by atoms with Gasteiger partial charge in [-0.3, -0.25) is 14.5 Å². The van der Waals surface area contributed by atoms with E-state index in [0.29, 0.717) is 25.5 Å². The molecule has 4 heterocycles. The topological polar surface area (TPSA) is 85.4 Å². The third-order valence-corrected chi connectivity index (χ3v) is 7.62. The molecule has 0 spiro atoms. The quantitative estimate of drug-likeness (QED) is 0.453. The first-order valence-electron chi connectivity index (χ1n) is 11.6. The molecule has 1 N–H and O–H groups in total. The SMILES string of the molecule is C[C@@H]1CN(c2scnc2-c2nc3ccccc3[nH]2)CCN1C(=O)CN1C(=O)C(F)(F)c2ccccc21. The predicted molar refractivity (Wildman–Crippen MR) is 133 cm³/mol. The lowest BCUT2D eigenvalue weighted by molar-refractivity contribution is -0.143. The lowest BCUT2D eigenvalue weighted by atomic mass is 10.1. The Morgan fingerprint density at radius 1 is 1.17 bits per heavy atom. The lowest BCUT2D eigenvalue weighted by Crippen LogP contribution is -2.56. The molecule has 0 radical (unpaired) electrons. The van der Waals surface area contributed by atoms with Gasteiger partial charge in [0, 0.05) is 25.7 Å². The van der Waals surface area contributed by atoms with Crippen molar-refractivity contribution in [2.75, 3.05) is 36.0 Å². The first-order valence-corrected chi connectivity index (χ1v) is 12.4. The van der Waals surface area contributed by atoms with Crippen molar-refractivity contribution in [1.29, 1.82) is 0 Å². The average molecular weight is 509 g/mol. The number of hydrogen-bond acceptors (Lipinski definition) is 6. The smallest absolute Gasteiger partial charge is 0.352 e. The minimum Gasteiger partial charge on any atom is -0.358 e. The van der Waals surface area contributed by atoms with E-state index in [2.05, 4.69) is 19.9 Å². The van der Waals surface area contributed by atoms with Gasteiger partial charge in [-0.1, -0.05) is 30.3 Å². The Labute approximate surface area is 209 Å². The van der Waals surface area contributed by atoms with Crippen LogP contribution in [0.2, 0.25) is 0 Å². The molecule has 1 fully saturated rings. The van der Waals surface area contributed by atoms with Crippen LogP contribution in [0.5, 0.6) is 0 Å². The molecule has 2 aromatic carbocycles. The molecular formula is C25H22F2N6O2S. The van der Waals surface area contributed by atoms with Gasteiger partial charge in [-0.15, -0.1) is 11.3 Å². The van der Waals surface area contributed by atoms with E-state index in [0.717, 1.165) is 26.6 Å². The Bertz CT molecular complexity index is 1450. The van der Waals surface area contributed by atoms with Crippen molar-refractivity contribution < 1.29 is 18.4 Å². The lowest BCUT2D eigenvalue weighted by Gasteiger charge is -2.41. The Hall–Kier alpha value is -3.86. The van der Waals surface area contributed by atoms with Crippen molar-refractivity contribution in [2.24, 2.45) is 0 Å². The minimum atomic E-state index is -3.62. The third kappa shape index (κ3) is 3.53. The summed E-state index contributed by atoms with van der Waals surface area (Å²) in [6.45, 7) is 2.99. The highest BCUT2D eigenvalue weighted by Crippen LogP contribution is 2.44. The predicted octanol–water partition coefficient (Wildman–Crippen LogP) is 3.86.